The van der Waals surface area contributed by atoms with Crippen LogP contribution in [0.15, 0.2) is 53.7 Å². The lowest BCUT2D eigenvalue weighted by Gasteiger charge is -2.25. The van der Waals surface area contributed by atoms with Crippen molar-refractivity contribution in [2.75, 3.05) is 27.2 Å². The first-order valence-electron chi connectivity index (χ1n) is 8.87. The molecule has 140 valence electrons. The number of rotatable bonds is 8. The molecule has 2 N–H and O–H groups in total. The normalized spacial score (nSPS) is 12.9. The van der Waals surface area contributed by atoms with Crippen LogP contribution in [0.1, 0.15) is 18.1 Å². The summed E-state index contributed by atoms with van der Waals surface area (Å²) in [6.45, 7) is 4.75. The zero-order valence-electron chi connectivity index (χ0n) is 15.7. The van der Waals surface area contributed by atoms with Crippen LogP contribution in [0.5, 0.6) is 0 Å². The van der Waals surface area contributed by atoms with Crippen molar-refractivity contribution in [1.82, 2.24) is 20.5 Å². The summed E-state index contributed by atoms with van der Waals surface area (Å²) < 4.78 is 0. The van der Waals surface area contributed by atoms with E-state index in [1.807, 2.05) is 18.2 Å². The Morgan fingerprint density at radius 1 is 1.15 bits per heavy atom. The van der Waals surface area contributed by atoms with Gasteiger partial charge in [-0.1, -0.05) is 48.0 Å². The van der Waals surface area contributed by atoms with Crippen molar-refractivity contribution in [3.63, 3.8) is 0 Å². The van der Waals surface area contributed by atoms with Crippen molar-refractivity contribution < 1.29 is 0 Å². The fourth-order valence-electron chi connectivity index (χ4n) is 2.53. The third kappa shape index (κ3) is 7.02. The van der Waals surface area contributed by atoms with E-state index in [1.165, 1.54) is 5.56 Å². The van der Waals surface area contributed by atoms with Gasteiger partial charge >= 0.3 is 0 Å². The molecule has 0 bridgehead atoms. The number of aliphatic imine (C=N–C) groups is 1. The van der Waals surface area contributed by atoms with Crippen molar-refractivity contribution in [3.05, 3.63) is 64.9 Å². The van der Waals surface area contributed by atoms with Crippen LogP contribution in [0.2, 0.25) is 5.15 Å². The summed E-state index contributed by atoms with van der Waals surface area (Å²) in [6.07, 6.45) is 2.68. The molecular weight excluding hydrogens is 346 g/mol. The van der Waals surface area contributed by atoms with Crippen LogP contribution >= 0.6 is 11.6 Å². The Hall–Kier alpha value is -2.11. The molecule has 0 saturated heterocycles. The number of pyridine rings is 1. The third-order valence-electron chi connectivity index (χ3n) is 4.31. The van der Waals surface area contributed by atoms with E-state index in [2.05, 4.69) is 63.7 Å². The quantitative estimate of drug-likeness (QED) is 0.424. The van der Waals surface area contributed by atoms with Gasteiger partial charge in [0.05, 0.1) is 0 Å². The topological polar surface area (TPSA) is 52.6 Å². The van der Waals surface area contributed by atoms with Crippen LogP contribution in [0.4, 0.5) is 0 Å². The molecule has 1 unspecified atom stereocenters. The molecule has 0 amide bonds. The first-order valence-corrected chi connectivity index (χ1v) is 9.25. The maximum atomic E-state index is 5.81. The summed E-state index contributed by atoms with van der Waals surface area (Å²) in [5.74, 6) is 0.812. The molecule has 0 aliphatic heterocycles. The summed E-state index contributed by atoms with van der Waals surface area (Å²) in [7, 11) is 3.93. The number of nitrogens with zero attached hydrogens (tertiary/aromatic N) is 3. The van der Waals surface area contributed by atoms with Crippen LogP contribution < -0.4 is 10.6 Å². The summed E-state index contributed by atoms with van der Waals surface area (Å²) in [6, 6.07) is 14.7. The van der Waals surface area contributed by atoms with Gasteiger partial charge in [-0.3, -0.25) is 9.89 Å². The third-order valence-corrected chi connectivity index (χ3v) is 4.53. The molecule has 0 spiro atoms. The summed E-state index contributed by atoms with van der Waals surface area (Å²) in [5.41, 5.74) is 2.47. The number of nitrogens with one attached hydrogen (secondary N) is 2. The van der Waals surface area contributed by atoms with Gasteiger partial charge in [-0.25, -0.2) is 4.98 Å². The highest BCUT2D eigenvalue weighted by atomic mass is 35.5. The molecule has 0 radical (unpaired) electrons. The minimum absolute atomic E-state index is 0.384. The Morgan fingerprint density at radius 3 is 2.58 bits per heavy atom. The zero-order chi connectivity index (χ0) is 18.8. The number of guanidine groups is 1. The molecule has 0 fully saturated rings. The Labute approximate surface area is 161 Å². The van der Waals surface area contributed by atoms with Crippen LogP contribution in [-0.4, -0.2) is 49.1 Å². The molecule has 1 atom stereocenters. The highest BCUT2D eigenvalue weighted by Gasteiger charge is 2.10. The van der Waals surface area contributed by atoms with Crippen molar-refractivity contribution in [2.24, 2.45) is 4.99 Å². The molecule has 1 aromatic carbocycles. The van der Waals surface area contributed by atoms with E-state index in [1.54, 1.807) is 13.2 Å². The van der Waals surface area contributed by atoms with Crippen molar-refractivity contribution in [1.29, 1.82) is 0 Å². The predicted molar refractivity (Wildman–Crippen MR) is 110 cm³/mol. The minimum Gasteiger partial charge on any atom is -0.356 e. The fourth-order valence-corrected chi connectivity index (χ4v) is 2.64. The molecule has 1 aromatic heterocycles. The molecule has 0 aliphatic rings. The second-order valence-corrected chi connectivity index (χ2v) is 6.76. The average molecular weight is 374 g/mol. The van der Waals surface area contributed by atoms with Crippen LogP contribution in [-0.2, 0) is 13.0 Å². The zero-order valence-corrected chi connectivity index (χ0v) is 16.5. The van der Waals surface area contributed by atoms with Gasteiger partial charge in [0.2, 0.25) is 0 Å². The number of aromatic nitrogens is 1. The van der Waals surface area contributed by atoms with Crippen LogP contribution in [0.3, 0.4) is 0 Å². The maximum Gasteiger partial charge on any atom is 0.191 e. The molecule has 6 heteroatoms. The van der Waals surface area contributed by atoms with E-state index in [0.29, 0.717) is 11.2 Å². The monoisotopic (exact) mass is 373 g/mol. The molecule has 5 nitrogen and oxygen atoms in total. The summed E-state index contributed by atoms with van der Waals surface area (Å²) in [5, 5.41) is 7.25. The van der Waals surface area contributed by atoms with Gasteiger partial charge in [0, 0.05) is 38.9 Å². The molecule has 2 rings (SSSR count). The molecule has 26 heavy (non-hydrogen) atoms. The van der Waals surface area contributed by atoms with Crippen molar-refractivity contribution in [2.45, 2.75) is 25.9 Å². The highest BCUT2D eigenvalue weighted by molar-refractivity contribution is 6.29. The predicted octanol–water partition coefficient (Wildman–Crippen LogP) is 2.96. The van der Waals surface area contributed by atoms with E-state index in [9.17, 15) is 0 Å². The number of hydrogen-bond acceptors (Lipinski definition) is 3. The second-order valence-electron chi connectivity index (χ2n) is 6.37. The van der Waals surface area contributed by atoms with E-state index in [4.69, 9.17) is 11.6 Å². The van der Waals surface area contributed by atoms with Gasteiger partial charge in [0.25, 0.3) is 0 Å². The van der Waals surface area contributed by atoms with Crippen molar-refractivity contribution >= 4 is 17.6 Å². The van der Waals surface area contributed by atoms with Gasteiger partial charge < -0.3 is 10.6 Å². The Bertz CT molecular complexity index is 672. The molecule has 0 aliphatic carbocycles. The largest absolute Gasteiger partial charge is 0.356 e. The van der Waals surface area contributed by atoms with Crippen LogP contribution in [0, 0.1) is 0 Å². The lowest BCUT2D eigenvalue weighted by Crippen LogP contribution is -2.45. The average Bonchev–Trinajstić information content (AvgIpc) is 2.66. The van der Waals surface area contributed by atoms with E-state index in [0.717, 1.165) is 37.6 Å². The number of halogens is 1. The van der Waals surface area contributed by atoms with Gasteiger partial charge in [-0.15, -0.1) is 0 Å². The van der Waals surface area contributed by atoms with Gasteiger partial charge in [-0.2, -0.15) is 0 Å². The Kier molecular flexibility index (Phi) is 8.38. The van der Waals surface area contributed by atoms with E-state index >= 15 is 0 Å². The lowest BCUT2D eigenvalue weighted by atomic mass is 10.2. The smallest absolute Gasteiger partial charge is 0.191 e. The van der Waals surface area contributed by atoms with Gasteiger partial charge in [-0.05, 0) is 37.6 Å². The minimum atomic E-state index is 0.384. The fraction of sp³-hybridized carbons (Fsp3) is 0.400. The molecule has 0 saturated carbocycles. The maximum absolute atomic E-state index is 5.81. The standard InChI is InChI=1S/C20H28ClN5/c1-16(26(3)15-18-7-5-4-6-8-18)13-25-20(22-2)23-12-11-17-9-10-19(21)24-14-17/h4-10,14,16H,11-13,15H2,1-3H3,(H2,22,23,25). The Morgan fingerprint density at radius 2 is 1.92 bits per heavy atom. The number of likely N-dealkylation sites (N-methyl/N-ethyl adjacent to an activating group) is 1. The van der Waals surface area contributed by atoms with Gasteiger partial charge in [0.15, 0.2) is 5.96 Å². The first-order chi connectivity index (χ1) is 12.6. The van der Waals surface area contributed by atoms with E-state index < -0.39 is 0 Å². The number of benzene rings is 1. The summed E-state index contributed by atoms with van der Waals surface area (Å²) >= 11 is 5.81. The highest BCUT2D eigenvalue weighted by Crippen LogP contribution is 2.06. The SMILES string of the molecule is CN=C(NCCc1ccc(Cl)nc1)NCC(C)N(C)Cc1ccccc1. The summed E-state index contributed by atoms with van der Waals surface area (Å²) in [4.78, 5) is 10.7. The van der Waals surface area contributed by atoms with Crippen molar-refractivity contribution in [3.8, 4) is 0 Å². The first kappa shape index (κ1) is 20.2. The van der Waals surface area contributed by atoms with Gasteiger partial charge in [0.1, 0.15) is 5.15 Å². The van der Waals surface area contributed by atoms with E-state index in [-0.39, 0.29) is 0 Å². The molecule has 1 heterocycles. The lowest BCUT2D eigenvalue weighted by molar-refractivity contribution is 0.249. The molecular formula is C20H28ClN5. The second kappa shape index (κ2) is 10.8. The molecule has 2 aromatic rings. The Balaban J connectivity index is 1.71. The number of hydrogen-bond donors (Lipinski definition) is 2. The van der Waals surface area contributed by atoms with Crippen LogP contribution in [0.25, 0.3) is 0 Å².